The van der Waals surface area contributed by atoms with Gasteiger partial charge in [-0.05, 0) is 24.3 Å². The highest BCUT2D eigenvalue weighted by molar-refractivity contribution is 5.75. The molecule has 69 valence electrons. The highest BCUT2D eigenvalue weighted by Crippen LogP contribution is 2.09. The van der Waals surface area contributed by atoms with Crippen molar-refractivity contribution in [2.45, 2.75) is 26.7 Å². The second-order valence-electron chi connectivity index (χ2n) is 3.73. The second kappa shape index (κ2) is 4.80. The molecule has 1 aromatic rings. The number of carbonyl (C=O) groups excluding carboxylic acids is 1. The Bertz CT molecular complexity index is 259. The normalized spacial score (nSPS) is 10.4. The molecule has 13 heavy (non-hydrogen) atoms. The van der Waals surface area contributed by atoms with Gasteiger partial charge < -0.3 is 0 Å². The zero-order valence-electron chi connectivity index (χ0n) is 8.21. The molecule has 0 atom stereocenters. The smallest absolute Gasteiger partial charge is 0.233 e. The van der Waals surface area contributed by atoms with Crippen molar-refractivity contribution in [1.82, 2.24) is 0 Å². The zero-order chi connectivity index (χ0) is 9.68. The third-order valence-corrected chi connectivity index (χ3v) is 2.08. The van der Waals surface area contributed by atoms with E-state index in [0.29, 0.717) is 5.56 Å². The Kier molecular flexibility index (Phi) is 3.69. The van der Waals surface area contributed by atoms with Crippen LogP contribution in [0.25, 0.3) is 0 Å². The Morgan fingerprint density at radius 3 is 2.31 bits per heavy atom. The van der Waals surface area contributed by atoms with Crippen LogP contribution in [0, 0.1) is 5.92 Å². The molecule has 0 saturated carbocycles. The van der Waals surface area contributed by atoms with Crippen LogP contribution in [-0.4, -0.2) is 6.29 Å². The van der Waals surface area contributed by atoms with E-state index in [2.05, 4.69) is 13.8 Å². The van der Waals surface area contributed by atoms with Gasteiger partial charge in [-0.25, -0.2) is 0 Å². The maximum absolute atomic E-state index is 10.3. The highest BCUT2D eigenvalue weighted by atomic mass is 16.1. The minimum Gasteiger partial charge on any atom is -0.285 e. The molecule has 0 N–H and O–H groups in total. The van der Waals surface area contributed by atoms with Crippen LogP contribution in [0.15, 0.2) is 24.3 Å². The first-order valence-electron chi connectivity index (χ1n) is 4.69. The number of hydrogen-bond acceptors (Lipinski definition) is 1. The Morgan fingerprint density at radius 1 is 1.23 bits per heavy atom. The van der Waals surface area contributed by atoms with Crippen molar-refractivity contribution < 1.29 is 4.79 Å². The van der Waals surface area contributed by atoms with Crippen molar-refractivity contribution in [2.24, 2.45) is 5.92 Å². The SMILES string of the molecule is CC(C)CCc1ccc([C]=O)cc1. The fraction of sp³-hybridized carbons (Fsp3) is 0.417. The van der Waals surface area contributed by atoms with Crippen molar-refractivity contribution in [3.8, 4) is 0 Å². The molecule has 1 radical (unpaired) electrons. The second-order valence-corrected chi connectivity index (χ2v) is 3.73. The minimum atomic E-state index is 0.633. The summed E-state index contributed by atoms with van der Waals surface area (Å²) >= 11 is 0. The van der Waals surface area contributed by atoms with Crippen molar-refractivity contribution in [3.63, 3.8) is 0 Å². The van der Waals surface area contributed by atoms with E-state index in [1.54, 1.807) is 0 Å². The molecule has 0 fully saturated rings. The van der Waals surface area contributed by atoms with Gasteiger partial charge >= 0.3 is 0 Å². The van der Waals surface area contributed by atoms with Crippen LogP contribution in [-0.2, 0) is 11.2 Å². The van der Waals surface area contributed by atoms with Crippen LogP contribution in [0.4, 0.5) is 0 Å². The first-order chi connectivity index (χ1) is 6.22. The molecule has 0 bridgehead atoms. The molecule has 1 rings (SSSR count). The molecule has 1 nitrogen and oxygen atoms in total. The molecule has 0 heterocycles. The molecular formula is C12H15O. The average Bonchev–Trinajstić information content (AvgIpc) is 2.15. The van der Waals surface area contributed by atoms with Crippen LogP contribution < -0.4 is 0 Å². The fourth-order valence-electron chi connectivity index (χ4n) is 1.19. The summed E-state index contributed by atoms with van der Waals surface area (Å²) in [6.07, 6.45) is 4.16. The fourth-order valence-corrected chi connectivity index (χ4v) is 1.19. The number of aryl methyl sites for hydroxylation is 1. The number of benzene rings is 1. The van der Waals surface area contributed by atoms with Gasteiger partial charge in [-0.15, -0.1) is 0 Å². The van der Waals surface area contributed by atoms with E-state index >= 15 is 0 Å². The lowest BCUT2D eigenvalue weighted by Gasteiger charge is -2.04. The average molecular weight is 175 g/mol. The summed E-state index contributed by atoms with van der Waals surface area (Å²) in [4.78, 5) is 10.3. The Morgan fingerprint density at radius 2 is 1.85 bits per heavy atom. The van der Waals surface area contributed by atoms with Gasteiger partial charge in [0, 0.05) is 5.56 Å². The maximum Gasteiger partial charge on any atom is 0.233 e. The third kappa shape index (κ3) is 3.41. The summed E-state index contributed by atoms with van der Waals surface area (Å²) in [5, 5.41) is 0. The first kappa shape index (κ1) is 9.97. The lowest BCUT2D eigenvalue weighted by molar-refractivity contribution is 0.562. The first-order valence-corrected chi connectivity index (χ1v) is 4.69. The number of hydrogen-bond donors (Lipinski definition) is 0. The quantitative estimate of drug-likeness (QED) is 0.687. The van der Waals surface area contributed by atoms with Crippen molar-refractivity contribution in [2.75, 3.05) is 0 Å². The third-order valence-electron chi connectivity index (χ3n) is 2.08. The summed E-state index contributed by atoms with van der Waals surface area (Å²) in [6.45, 7) is 4.43. The van der Waals surface area contributed by atoms with Gasteiger partial charge in [0.25, 0.3) is 0 Å². The summed E-state index contributed by atoms with van der Waals surface area (Å²) in [7, 11) is 0. The predicted octanol–water partition coefficient (Wildman–Crippen LogP) is 2.73. The van der Waals surface area contributed by atoms with Crippen LogP contribution in [0.3, 0.4) is 0 Å². The topological polar surface area (TPSA) is 17.1 Å². The predicted molar refractivity (Wildman–Crippen MR) is 54.4 cm³/mol. The Balaban J connectivity index is 2.54. The molecule has 0 aliphatic heterocycles. The molecular weight excluding hydrogens is 160 g/mol. The van der Waals surface area contributed by atoms with Gasteiger partial charge in [0.2, 0.25) is 6.29 Å². The largest absolute Gasteiger partial charge is 0.285 e. The van der Waals surface area contributed by atoms with Crippen LogP contribution >= 0.6 is 0 Å². The Hall–Kier alpha value is -1.11. The zero-order valence-corrected chi connectivity index (χ0v) is 8.21. The molecule has 0 saturated heterocycles. The molecule has 0 unspecified atom stereocenters. The lowest BCUT2D eigenvalue weighted by Crippen LogP contribution is -1.92. The van der Waals surface area contributed by atoms with Gasteiger partial charge in [0.1, 0.15) is 0 Å². The summed E-state index contributed by atoms with van der Waals surface area (Å²) in [5.41, 5.74) is 1.93. The van der Waals surface area contributed by atoms with Gasteiger partial charge in [0.15, 0.2) is 0 Å². The van der Waals surface area contributed by atoms with Gasteiger partial charge in [-0.2, -0.15) is 0 Å². The van der Waals surface area contributed by atoms with E-state index in [1.165, 1.54) is 12.0 Å². The van der Waals surface area contributed by atoms with E-state index < -0.39 is 0 Å². The molecule has 1 aromatic carbocycles. The lowest BCUT2D eigenvalue weighted by atomic mass is 10.0. The Labute approximate surface area is 79.8 Å². The highest BCUT2D eigenvalue weighted by Gasteiger charge is 1.97. The summed E-state index contributed by atoms with van der Waals surface area (Å²) in [6, 6.07) is 7.65. The van der Waals surface area contributed by atoms with E-state index in [-0.39, 0.29) is 0 Å². The van der Waals surface area contributed by atoms with Crippen molar-refractivity contribution in [1.29, 1.82) is 0 Å². The monoisotopic (exact) mass is 175 g/mol. The van der Waals surface area contributed by atoms with Gasteiger partial charge in [0.05, 0.1) is 0 Å². The summed E-state index contributed by atoms with van der Waals surface area (Å²) in [5.74, 6) is 0.734. The van der Waals surface area contributed by atoms with E-state index in [9.17, 15) is 4.79 Å². The molecule has 0 aromatic heterocycles. The van der Waals surface area contributed by atoms with Crippen molar-refractivity contribution in [3.05, 3.63) is 35.4 Å². The van der Waals surface area contributed by atoms with Crippen LogP contribution in [0.2, 0.25) is 0 Å². The van der Waals surface area contributed by atoms with Crippen LogP contribution in [0.5, 0.6) is 0 Å². The minimum absolute atomic E-state index is 0.633. The van der Waals surface area contributed by atoms with Crippen molar-refractivity contribution >= 4 is 6.29 Å². The van der Waals surface area contributed by atoms with Crippen LogP contribution in [0.1, 0.15) is 31.4 Å². The van der Waals surface area contributed by atoms with E-state index in [0.717, 1.165) is 12.3 Å². The molecule has 0 aliphatic carbocycles. The molecule has 0 amide bonds. The van der Waals surface area contributed by atoms with E-state index in [1.807, 2.05) is 30.6 Å². The standard InChI is InChI=1S/C12H15O/c1-10(2)3-4-11-5-7-12(9-13)8-6-11/h5-8,10H,3-4H2,1-2H3. The molecule has 0 spiro atoms. The van der Waals surface area contributed by atoms with Gasteiger partial charge in [-0.1, -0.05) is 38.1 Å². The van der Waals surface area contributed by atoms with Gasteiger partial charge in [-0.3, -0.25) is 4.79 Å². The summed E-state index contributed by atoms with van der Waals surface area (Å²) < 4.78 is 0. The molecule has 1 heteroatoms. The number of rotatable bonds is 4. The molecule has 0 aliphatic rings. The maximum atomic E-state index is 10.3. The van der Waals surface area contributed by atoms with E-state index in [4.69, 9.17) is 0 Å².